The molecule has 3 aromatic rings. The standard InChI is InChI=1S/C25H24Cl3NO2/c26-22-12-11-21(23(27)24(22)28)25(19-7-3-1-4-8-19,20-9-5-2-6-10-20)31-18-15-29-13-16-30-17-14-29/h1-12H,13-18H2. The summed E-state index contributed by atoms with van der Waals surface area (Å²) in [6.07, 6.45) is 0. The van der Waals surface area contributed by atoms with Gasteiger partial charge in [-0.2, -0.15) is 0 Å². The van der Waals surface area contributed by atoms with E-state index in [9.17, 15) is 0 Å². The molecule has 0 bridgehead atoms. The maximum absolute atomic E-state index is 6.80. The van der Waals surface area contributed by atoms with Crippen LogP contribution in [0.3, 0.4) is 0 Å². The number of hydrogen-bond acceptors (Lipinski definition) is 3. The Kier molecular flexibility index (Phi) is 7.55. The average molecular weight is 477 g/mol. The first-order valence-corrected chi connectivity index (χ1v) is 11.5. The van der Waals surface area contributed by atoms with Crippen molar-refractivity contribution in [2.45, 2.75) is 5.60 Å². The summed E-state index contributed by atoms with van der Waals surface area (Å²) in [6.45, 7) is 4.62. The average Bonchev–Trinajstić information content (AvgIpc) is 2.83. The topological polar surface area (TPSA) is 21.7 Å². The van der Waals surface area contributed by atoms with Crippen molar-refractivity contribution in [1.29, 1.82) is 0 Å². The van der Waals surface area contributed by atoms with Crippen molar-refractivity contribution in [3.63, 3.8) is 0 Å². The summed E-state index contributed by atoms with van der Waals surface area (Å²) in [4.78, 5) is 2.35. The Morgan fingerprint density at radius 1 is 0.774 bits per heavy atom. The van der Waals surface area contributed by atoms with Crippen LogP contribution in [0.15, 0.2) is 72.8 Å². The van der Waals surface area contributed by atoms with Gasteiger partial charge in [-0.1, -0.05) is 102 Å². The molecule has 162 valence electrons. The summed E-state index contributed by atoms with van der Waals surface area (Å²) in [7, 11) is 0. The van der Waals surface area contributed by atoms with Gasteiger partial charge in [0.25, 0.3) is 0 Å². The number of benzene rings is 3. The highest BCUT2D eigenvalue weighted by Gasteiger charge is 2.40. The van der Waals surface area contributed by atoms with Crippen molar-refractivity contribution >= 4 is 34.8 Å². The van der Waals surface area contributed by atoms with Crippen LogP contribution in [-0.4, -0.2) is 44.4 Å². The molecule has 0 N–H and O–H groups in total. The molecule has 0 aromatic heterocycles. The first-order chi connectivity index (χ1) is 15.1. The third-order valence-electron chi connectivity index (χ3n) is 5.60. The lowest BCUT2D eigenvalue weighted by atomic mass is 9.80. The molecule has 6 heteroatoms. The number of ether oxygens (including phenoxy) is 2. The van der Waals surface area contributed by atoms with Crippen molar-refractivity contribution in [2.24, 2.45) is 0 Å². The summed E-state index contributed by atoms with van der Waals surface area (Å²) >= 11 is 19.5. The third kappa shape index (κ3) is 4.78. The molecule has 1 aliphatic rings. The Balaban J connectivity index is 1.82. The minimum Gasteiger partial charge on any atom is -0.379 e. The van der Waals surface area contributed by atoms with Crippen molar-refractivity contribution in [3.05, 3.63) is 105 Å². The second-order valence-electron chi connectivity index (χ2n) is 7.44. The summed E-state index contributed by atoms with van der Waals surface area (Å²) in [5, 5.41) is 1.14. The largest absolute Gasteiger partial charge is 0.379 e. The van der Waals surface area contributed by atoms with E-state index in [0.717, 1.165) is 49.5 Å². The molecule has 3 aromatic carbocycles. The van der Waals surface area contributed by atoms with E-state index in [2.05, 4.69) is 29.2 Å². The Hall–Kier alpha value is -1.59. The zero-order chi connectivity index (χ0) is 21.7. The van der Waals surface area contributed by atoms with Crippen LogP contribution in [0.1, 0.15) is 16.7 Å². The quantitative estimate of drug-likeness (QED) is 0.295. The first kappa shape index (κ1) is 22.6. The second kappa shape index (κ2) is 10.4. The molecule has 0 spiro atoms. The van der Waals surface area contributed by atoms with E-state index < -0.39 is 5.60 Å². The molecule has 0 unspecified atom stereocenters. The van der Waals surface area contributed by atoms with Gasteiger partial charge in [0.15, 0.2) is 0 Å². The van der Waals surface area contributed by atoms with Crippen molar-refractivity contribution < 1.29 is 9.47 Å². The van der Waals surface area contributed by atoms with Crippen LogP contribution in [0.25, 0.3) is 0 Å². The lowest BCUT2D eigenvalue weighted by Crippen LogP contribution is -2.41. The Labute approximate surface area is 198 Å². The van der Waals surface area contributed by atoms with E-state index >= 15 is 0 Å². The predicted molar refractivity (Wildman–Crippen MR) is 127 cm³/mol. The maximum Gasteiger partial charge on any atom is 0.145 e. The normalized spacial score (nSPS) is 15.2. The van der Waals surface area contributed by atoms with Crippen LogP contribution >= 0.6 is 34.8 Å². The summed E-state index contributed by atoms with van der Waals surface area (Å²) in [6, 6.07) is 23.9. The van der Waals surface area contributed by atoms with E-state index in [0.29, 0.717) is 21.7 Å². The van der Waals surface area contributed by atoms with Crippen LogP contribution in [0.2, 0.25) is 15.1 Å². The van der Waals surface area contributed by atoms with Gasteiger partial charge in [-0.25, -0.2) is 0 Å². The Morgan fingerprint density at radius 3 is 1.94 bits per heavy atom. The van der Waals surface area contributed by atoms with E-state index in [-0.39, 0.29) is 0 Å². The Bertz CT molecular complexity index is 953. The van der Waals surface area contributed by atoms with Crippen LogP contribution in [-0.2, 0) is 15.1 Å². The van der Waals surface area contributed by atoms with Gasteiger partial charge in [0.2, 0.25) is 0 Å². The summed E-state index contributed by atoms with van der Waals surface area (Å²) < 4.78 is 12.3. The molecular weight excluding hydrogens is 453 g/mol. The minimum absolute atomic E-state index is 0.328. The van der Waals surface area contributed by atoms with Gasteiger partial charge in [-0.15, -0.1) is 0 Å². The molecule has 31 heavy (non-hydrogen) atoms. The molecule has 3 nitrogen and oxygen atoms in total. The fourth-order valence-corrected chi connectivity index (χ4v) is 4.69. The molecule has 0 amide bonds. The monoisotopic (exact) mass is 475 g/mol. The molecule has 4 rings (SSSR count). The van der Waals surface area contributed by atoms with Crippen molar-refractivity contribution in [1.82, 2.24) is 4.90 Å². The molecule has 0 aliphatic carbocycles. The van der Waals surface area contributed by atoms with Gasteiger partial charge in [0, 0.05) is 25.2 Å². The van der Waals surface area contributed by atoms with E-state index in [1.165, 1.54) is 0 Å². The molecule has 1 aliphatic heterocycles. The van der Waals surface area contributed by atoms with Gasteiger partial charge < -0.3 is 9.47 Å². The summed E-state index contributed by atoms with van der Waals surface area (Å²) in [5.41, 5.74) is 1.79. The van der Waals surface area contributed by atoms with Gasteiger partial charge >= 0.3 is 0 Å². The zero-order valence-corrected chi connectivity index (χ0v) is 19.3. The van der Waals surface area contributed by atoms with E-state index in [4.69, 9.17) is 44.3 Å². The predicted octanol–water partition coefficient (Wildman–Crippen LogP) is 6.29. The van der Waals surface area contributed by atoms with Crippen LogP contribution < -0.4 is 0 Å². The molecule has 0 atom stereocenters. The molecule has 0 saturated carbocycles. The van der Waals surface area contributed by atoms with Crippen molar-refractivity contribution in [3.8, 4) is 0 Å². The highest BCUT2D eigenvalue weighted by Crippen LogP contribution is 2.46. The smallest absolute Gasteiger partial charge is 0.145 e. The van der Waals surface area contributed by atoms with Crippen LogP contribution in [0.4, 0.5) is 0 Å². The number of rotatable bonds is 7. The van der Waals surface area contributed by atoms with Gasteiger partial charge in [-0.3, -0.25) is 4.90 Å². The number of morpholine rings is 1. The van der Waals surface area contributed by atoms with Crippen molar-refractivity contribution in [2.75, 3.05) is 39.5 Å². The molecule has 1 saturated heterocycles. The van der Waals surface area contributed by atoms with Crippen LogP contribution in [0, 0.1) is 0 Å². The van der Waals surface area contributed by atoms with Gasteiger partial charge in [-0.05, 0) is 17.2 Å². The van der Waals surface area contributed by atoms with Gasteiger partial charge in [0.1, 0.15) is 5.60 Å². The lowest BCUT2D eigenvalue weighted by molar-refractivity contribution is -0.0188. The maximum atomic E-state index is 6.80. The van der Waals surface area contributed by atoms with E-state index in [1.54, 1.807) is 6.07 Å². The van der Waals surface area contributed by atoms with E-state index in [1.807, 2.05) is 42.5 Å². The highest BCUT2D eigenvalue weighted by atomic mass is 35.5. The molecular formula is C25H24Cl3NO2. The fourth-order valence-electron chi connectivity index (χ4n) is 4.02. The minimum atomic E-state index is -0.930. The molecule has 0 radical (unpaired) electrons. The first-order valence-electron chi connectivity index (χ1n) is 10.3. The third-order valence-corrected chi connectivity index (χ3v) is 6.90. The highest BCUT2D eigenvalue weighted by molar-refractivity contribution is 6.48. The summed E-state index contributed by atoms with van der Waals surface area (Å²) in [5.74, 6) is 0. The van der Waals surface area contributed by atoms with Gasteiger partial charge in [0.05, 0.1) is 34.9 Å². The number of hydrogen-bond donors (Lipinski definition) is 0. The SMILES string of the molecule is Clc1ccc(C(OCCN2CCOCC2)(c2ccccc2)c2ccccc2)c(Cl)c1Cl. The zero-order valence-electron chi connectivity index (χ0n) is 17.1. The second-order valence-corrected chi connectivity index (χ2v) is 8.60. The van der Waals surface area contributed by atoms with Crippen LogP contribution in [0.5, 0.6) is 0 Å². The molecule has 1 heterocycles. The Morgan fingerprint density at radius 2 is 1.35 bits per heavy atom. The lowest BCUT2D eigenvalue weighted by Gasteiger charge is -2.37. The molecule has 1 fully saturated rings. The number of halogens is 3. The fraction of sp³-hybridized carbons (Fsp3) is 0.280. The number of nitrogens with zero attached hydrogens (tertiary/aromatic N) is 1.